The molecule has 2 aromatic heterocycles. The maximum absolute atomic E-state index is 12.8. The van der Waals surface area contributed by atoms with E-state index in [-0.39, 0.29) is 11.8 Å². The average Bonchev–Trinajstić information content (AvgIpc) is 2.99. The maximum atomic E-state index is 12.8. The Morgan fingerprint density at radius 2 is 0.881 bits per heavy atom. The molecule has 2 heterocycles. The fraction of sp³-hybridized carbons (Fsp3) is 0.0667. The summed E-state index contributed by atoms with van der Waals surface area (Å²) in [5, 5.41) is 12.1. The predicted octanol–water partition coefficient (Wildman–Crippen LogP) is 3.28. The van der Waals surface area contributed by atoms with E-state index < -0.39 is 0 Å². The zero-order valence-corrected chi connectivity index (χ0v) is 23.0. The zero-order valence-electron chi connectivity index (χ0n) is 23.0. The highest BCUT2D eigenvalue weighted by molar-refractivity contribution is 6.07. The number of nitrogen functional groups attached to an aromatic ring is 2. The van der Waals surface area contributed by atoms with Crippen LogP contribution in [0.1, 0.15) is 20.7 Å². The molecule has 12 nitrogen and oxygen atoms in total. The molecule has 0 saturated carbocycles. The van der Waals surface area contributed by atoms with Crippen LogP contribution in [0.15, 0.2) is 97.3 Å². The molecular weight excluding hydrogens is 532 g/mol. The van der Waals surface area contributed by atoms with Gasteiger partial charge >= 0.3 is 11.9 Å². The van der Waals surface area contributed by atoms with Gasteiger partial charge in [0.1, 0.15) is 0 Å². The van der Waals surface area contributed by atoms with E-state index in [0.29, 0.717) is 46.0 Å². The molecular formula is C30H30N10O2+2. The van der Waals surface area contributed by atoms with E-state index in [1.807, 2.05) is 62.9 Å². The third-order valence-electron chi connectivity index (χ3n) is 6.34. The van der Waals surface area contributed by atoms with Gasteiger partial charge in [0, 0.05) is 46.0 Å². The van der Waals surface area contributed by atoms with Crippen LogP contribution in [0.4, 0.5) is 46.3 Å². The van der Waals surface area contributed by atoms with E-state index in [2.05, 4.69) is 31.2 Å². The summed E-state index contributed by atoms with van der Waals surface area (Å²) in [6.07, 6.45) is 3.62. The van der Waals surface area contributed by atoms with E-state index in [0.717, 1.165) is 11.4 Å². The quantitative estimate of drug-likeness (QED) is 0.157. The molecule has 0 atom stereocenters. The smallest absolute Gasteiger partial charge is 0.326 e. The highest BCUT2D eigenvalue weighted by atomic mass is 16.2. The van der Waals surface area contributed by atoms with E-state index in [1.165, 1.54) is 0 Å². The number of carbonyl (C=O) groups excluding carboxylic acids is 2. The average molecular weight is 563 g/mol. The van der Waals surface area contributed by atoms with Crippen molar-refractivity contribution in [1.82, 2.24) is 9.97 Å². The highest BCUT2D eigenvalue weighted by Crippen LogP contribution is 2.20. The molecule has 3 aromatic carbocycles. The van der Waals surface area contributed by atoms with Crippen LogP contribution in [-0.2, 0) is 14.1 Å². The fourth-order valence-electron chi connectivity index (χ4n) is 3.88. The third kappa shape index (κ3) is 6.74. The summed E-state index contributed by atoms with van der Waals surface area (Å²) in [5.41, 5.74) is 15.4. The summed E-state index contributed by atoms with van der Waals surface area (Å²) in [6, 6.07) is 24.5. The number of nitrogens with two attached hydrogens (primary N) is 2. The van der Waals surface area contributed by atoms with Gasteiger partial charge in [0.25, 0.3) is 11.8 Å². The molecule has 0 aliphatic carbocycles. The van der Waals surface area contributed by atoms with Crippen molar-refractivity contribution in [3.8, 4) is 0 Å². The van der Waals surface area contributed by atoms with Gasteiger partial charge in [0.15, 0.2) is 0 Å². The molecule has 0 aliphatic heterocycles. The molecule has 0 aliphatic rings. The number of nitrogens with one attached hydrogen (secondary N) is 4. The summed E-state index contributed by atoms with van der Waals surface area (Å²) in [5.74, 6) is 1.41. The molecule has 12 heteroatoms. The number of hydrogen-bond donors (Lipinski definition) is 6. The Morgan fingerprint density at radius 3 is 1.21 bits per heavy atom. The molecule has 0 saturated heterocycles. The van der Waals surface area contributed by atoms with Gasteiger partial charge in [0.2, 0.25) is 11.6 Å². The van der Waals surface area contributed by atoms with Crippen molar-refractivity contribution in [2.45, 2.75) is 0 Å². The number of hydrogen-bond acceptors (Lipinski definition) is 8. The number of aromatic nitrogens is 4. The second kappa shape index (κ2) is 12.0. The fourth-order valence-corrected chi connectivity index (χ4v) is 3.88. The van der Waals surface area contributed by atoms with Gasteiger partial charge < -0.3 is 21.3 Å². The summed E-state index contributed by atoms with van der Waals surface area (Å²) >= 11 is 0. The van der Waals surface area contributed by atoms with Gasteiger partial charge in [-0.25, -0.2) is 9.13 Å². The van der Waals surface area contributed by atoms with Crippen LogP contribution in [0.25, 0.3) is 0 Å². The first-order valence-corrected chi connectivity index (χ1v) is 12.9. The second-order valence-corrected chi connectivity index (χ2v) is 9.45. The van der Waals surface area contributed by atoms with Crippen molar-refractivity contribution < 1.29 is 18.7 Å². The largest absolute Gasteiger partial charge is 0.391 e. The summed E-state index contributed by atoms with van der Waals surface area (Å²) in [6.45, 7) is 0. The molecule has 5 rings (SSSR count). The van der Waals surface area contributed by atoms with Crippen LogP contribution in [0.3, 0.4) is 0 Å². The third-order valence-corrected chi connectivity index (χ3v) is 6.34. The Morgan fingerprint density at radius 1 is 0.548 bits per heavy atom. The van der Waals surface area contributed by atoms with Crippen molar-refractivity contribution in [1.29, 1.82) is 0 Å². The Bertz CT molecular complexity index is 1610. The maximum Gasteiger partial charge on any atom is 0.391 e. The molecule has 42 heavy (non-hydrogen) atoms. The van der Waals surface area contributed by atoms with Crippen LogP contribution in [0.2, 0.25) is 0 Å². The molecule has 0 radical (unpaired) electrons. The first-order chi connectivity index (χ1) is 20.2. The minimum absolute atomic E-state index is 0.292. The lowest BCUT2D eigenvalue weighted by Crippen LogP contribution is -2.32. The molecule has 0 unspecified atom stereocenters. The standard InChI is InChI=1S/C30H28N10O2/c1-39-17-15-25(37-29(39)31)33-21-7-11-23(12-8-21)35-27(41)19-3-5-20(6-4-19)28(42)36-24-13-9-22(10-14-24)34-26-16-18-40(2)30(32)38-26/h3-18H,1-2H3,(H6,31,32,33,34,35,36,37,38,41,42)/p+2. The highest BCUT2D eigenvalue weighted by Gasteiger charge is 2.12. The minimum Gasteiger partial charge on any atom is -0.326 e. The number of amides is 2. The normalized spacial score (nSPS) is 10.5. The lowest BCUT2D eigenvalue weighted by Gasteiger charge is -2.09. The Hall–Kier alpha value is -6.04. The molecule has 8 N–H and O–H groups in total. The molecule has 5 aromatic rings. The SMILES string of the molecule is C[n+]1ccc(Nc2ccc(NC(=O)c3ccc(C(=O)Nc4ccc(Nc5cc[n+](C)c(N)n5)cc4)cc3)cc2)nc1N. The monoisotopic (exact) mass is 562 g/mol. The number of nitrogens with zero attached hydrogens (tertiary/aromatic N) is 4. The van der Waals surface area contributed by atoms with Gasteiger partial charge in [-0.05, 0) is 72.8 Å². The number of aryl methyl sites for hydroxylation is 2. The van der Waals surface area contributed by atoms with Gasteiger partial charge in [-0.2, -0.15) is 0 Å². The van der Waals surface area contributed by atoms with Crippen LogP contribution in [0, 0.1) is 0 Å². The van der Waals surface area contributed by atoms with E-state index in [4.69, 9.17) is 11.5 Å². The Labute approximate surface area is 242 Å². The number of rotatable bonds is 8. The summed E-state index contributed by atoms with van der Waals surface area (Å²) in [4.78, 5) is 34.0. The van der Waals surface area contributed by atoms with Crippen molar-refractivity contribution >= 4 is 58.1 Å². The minimum atomic E-state index is -0.292. The lowest BCUT2D eigenvalue weighted by atomic mass is 10.1. The van der Waals surface area contributed by atoms with Crippen molar-refractivity contribution in [2.75, 3.05) is 32.7 Å². The molecule has 2 amide bonds. The second-order valence-electron chi connectivity index (χ2n) is 9.45. The molecule has 0 fully saturated rings. The van der Waals surface area contributed by atoms with Gasteiger partial charge in [-0.1, -0.05) is 9.97 Å². The number of carbonyl (C=O) groups is 2. The number of benzene rings is 3. The van der Waals surface area contributed by atoms with Crippen LogP contribution >= 0.6 is 0 Å². The van der Waals surface area contributed by atoms with Crippen molar-refractivity contribution in [2.24, 2.45) is 14.1 Å². The zero-order chi connectivity index (χ0) is 29.6. The van der Waals surface area contributed by atoms with Crippen LogP contribution in [0.5, 0.6) is 0 Å². The van der Waals surface area contributed by atoms with Crippen LogP contribution in [-0.4, -0.2) is 21.8 Å². The van der Waals surface area contributed by atoms with Crippen molar-refractivity contribution in [3.05, 3.63) is 108 Å². The van der Waals surface area contributed by atoms with E-state index in [1.54, 1.807) is 57.7 Å². The summed E-state index contributed by atoms with van der Waals surface area (Å²) in [7, 11) is 3.63. The van der Waals surface area contributed by atoms with Gasteiger partial charge in [-0.15, -0.1) is 0 Å². The molecule has 210 valence electrons. The summed E-state index contributed by atoms with van der Waals surface area (Å²) < 4.78 is 3.42. The topological polar surface area (TPSA) is 168 Å². The predicted molar refractivity (Wildman–Crippen MR) is 161 cm³/mol. The Kier molecular flexibility index (Phi) is 7.87. The first-order valence-electron chi connectivity index (χ1n) is 12.9. The van der Waals surface area contributed by atoms with Gasteiger partial charge in [0.05, 0.1) is 26.5 Å². The van der Waals surface area contributed by atoms with Gasteiger partial charge in [-0.3, -0.25) is 21.1 Å². The van der Waals surface area contributed by atoms with Crippen LogP contribution < -0.4 is 41.9 Å². The number of anilines is 8. The van der Waals surface area contributed by atoms with E-state index >= 15 is 0 Å². The first kappa shape index (κ1) is 27.5. The Balaban J connectivity index is 1.14. The lowest BCUT2D eigenvalue weighted by molar-refractivity contribution is -0.659. The molecule has 0 bridgehead atoms. The van der Waals surface area contributed by atoms with E-state index in [9.17, 15) is 9.59 Å². The molecule has 0 spiro atoms. The van der Waals surface area contributed by atoms with Crippen molar-refractivity contribution in [3.63, 3.8) is 0 Å².